The second kappa shape index (κ2) is 7.79. The number of ether oxygens (including phenoxy) is 1. The highest BCUT2D eigenvalue weighted by Gasteiger charge is 2.29. The first-order chi connectivity index (χ1) is 12.1. The van der Waals surface area contributed by atoms with E-state index < -0.39 is 5.97 Å². The second-order valence-corrected chi connectivity index (χ2v) is 7.55. The summed E-state index contributed by atoms with van der Waals surface area (Å²) < 4.78 is 4.71. The number of hydrogen-bond acceptors (Lipinski definition) is 6. The van der Waals surface area contributed by atoms with Gasteiger partial charge < -0.3 is 15.0 Å². The average molecular weight is 378 g/mol. The molecule has 8 heteroatoms. The molecule has 1 fully saturated rings. The molecular formula is C17H18N2O4S2. The Kier molecular flexibility index (Phi) is 5.50. The lowest BCUT2D eigenvalue weighted by Gasteiger charge is -2.31. The van der Waals surface area contributed by atoms with Crippen molar-refractivity contribution in [2.45, 2.75) is 12.8 Å². The number of likely N-dealkylation sites (tertiary alicyclic amines) is 1. The number of carbonyl (C=O) groups excluding carboxylic acids is 3. The van der Waals surface area contributed by atoms with Gasteiger partial charge in [0.15, 0.2) is 0 Å². The van der Waals surface area contributed by atoms with E-state index >= 15 is 0 Å². The molecule has 0 unspecified atom stereocenters. The number of anilines is 1. The van der Waals surface area contributed by atoms with E-state index in [0.29, 0.717) is 36.5 Å². The van der Waals surface area contributed by atoms with E-state index in [1.807, 2.05) is 17.5 Å². The van der Waals surface area contributed by atoms with Crippen LogP contribution in [0.15, 0.2) is 29.0 Å². The van der Waals surface area contributed by atoms with Gasteiger partial charge >= 0.3 is 5.97 Å². The number of methoxy groups -OCH3 is 1. The smallest absolute Gasteiger partial charge is 0.340 e. The van der Waals surface area contributed by atoms with E-state index in [1.165, 1.54) is 29.8 Å². The van der Waals surface area contributed by atoms with E-state index in [0.717, 1.165) is 4.88 Å². The predicted molar refractivity (Wildman–Crippen MR) is 97.2 cm³/mol. The highest BCUT2D eigenvalue weighted by Crippen LogP contribution is 2.27. The van der Waals surface area contributed by atoms with Gasteiger partial charge in [0, 0.05) is 19.0 Å². The number of thiophene rings is 2. The summed E-state index contributed by atoms with van der Waals surface area (Å²) in [6.07, 6.45) is 1.23. The van der Waals surface area contributed by atoms with Gasteiger partial charge in [-0.3, -0.25) is 9.59 Å². The lowest BCUT2D eigenvalue weighted by atomic mass is 9.96. The van der Waals surface area contributed by atoms with Crippen LogP contribution < -0.4 is 5.32 Å². The summed E-state index contributed by atoms with van der Waals surface area (Å²) in [6, 6.07) is 5.31. The van der Waals surface area contributed by atoms with E-state index in [1.54, 1.807) is 16.3 Å². The van der Waals surface area contributed by atoms with Gasteiger partial charge in [0.25, 0.3) is 5.91 Å². The predicted octanol–water partition coefficient (Wildman–Crippen LogP) is 3.09. The van der Waals surface area contributed by atoms with Crippen molar-refractivity contribution >= 4 is 45.5 Å². The molecule has 0 radical (unpaired) electrons. The number of hydrogen-bond donors (Lipinski definition) is 1. The SMILES string of the molecule is COC(=O)c1ccsc1NC(=O)C1CCN(C(=O)c2cccs2)CC1. The van der Waals surface area contributed by atoms with Crippen molar-refractivity contribution in [2.24, 2.45) is 5.92 Å². The molecule has 3 rings (SSSR count). The number of rotatable bonds is 4. The molecular weight excluding hydrogens is 360 g/mol. The van der Waals surface area contributed by atoms with Gasteiger partial charge in [0.1, 0.15) is 5.00 Å². The van der Waals surface area contributed by atoms with Crippen molar-refractivity contribution in [3.8, 4) is 0 Å². The van der Waals surface area contributed by atoms with E-state index in [-0.39, 0.29) is 17.7 Å². The van der Waals surface area contributed by atoms with Crippen LogP contribution in [0, 0.1) is 5.92 Å². The van der Waals surface area contributed by atoms with Crippen LogP contribution in [-0.4, -0.2) is 42.9 Å². The lowest BCUT2D eigenvalue weighted by Crippen LogP contribution is -2.41. The van der Waals surface area contributed by atoms with Crippen molar-refractivity contribution in [3.63, 3.8) is 0 Å². The van der Waals surface area contributed by atoms with Crippen molar-refractivity contribution in [2.75, 3.05) is 25.5 Å². The maximum Gasteiger partial charge on any atom is 0.340 e. The zero-order chi connectivity index (χ0) is 17.8. The third-order valence-corrected chi connectivity index (χ3v) is 5.88. The van der Waals surface area contributed by atoms with Crippen molar-refractivity contribution < 1.29 is 19.1 Å². The molecule has 1 aliphatic rings. The Morgan fingerprint density at radius 1 is 1.16 bits per heavy atom. The fourth-order valence-corrected chi connectivity index (χ4v) is 4.26. The molecule has 2 aromatic heterocycles. The van der Waals surface area contributed by atoms with Gasteiger partial charge in [-0.2, -0.15) is 0 Å². The number of nitrogens with one attached hydrogen (secondary N) is 1. The first-order valence-corrected chi connectivity index (χ1v) is 9.65. The standard InChI is InChI=1S/C17H18N2O4S2/c1-23-17(22)12-6-10-25-15(12)18-14(20)11-4-7-19(8-5-11)16(21)13-3-2-9-24-13/h2-3,6,9-11H,4-5,7-8H2,1H3,(H,18,20). The Morgan fingerprint density at radius 2 is 1.92 bits per heavy atom. The minimum absolute atomic E-state index is 0.0279. The van der Waals surface area contributed by atoms with Crippen LogP contribution in [0.2, 0.25) is 0 Å². The Balaban J connectivity index is 1.56. The Labute approximate surface area is 153 Å². The molecule has 0 atom stereocenters. The summed E-state index contributed by atoms with van der Waals surface area (Å²) >= 11 is 2.72. The van der Waals surface area contributed by atoms with Gasteiger partial charge in [-0.1, -0.05) is 6.07 Å². The van der Waals surface area contributed by atoms with Crippen LogP contribution in [0.25, 0.3) is 0 Å². The molecule has 0 aromatic carbocycles. The highest BCUT2D eigenvalue weighted by molar-refractivity contribution is 7.14. The van der Waals surface area contributed by atoms with Crippen LogP contribution in [-0.2, 0) is 9.53 Å². The monoisotopic (exact) mass is 378 g/mol. The third kappa shape index (κ3) is 3.91. The molecule has 132 valence electrons. The fourth-order valence-electron chi connectivity index (χ4n) is 2.79. The van der Waals surface area contributed by atoms with Gasteiger partial charge in [-0.05, 0) is 35.7 Å². The van der Waals surface area contributed by atoms with Crippen LogP contribution in [0.5, 0.6) is 0 Å². The summed E-state index contributed by atoms with van der Waals surface area (Å²) in [5, 5.41) is 6.96. The van der Waals surface area contributed by atoms with Crippen LogP contribution in [0.3, 0.4) is 0 Å². The molecule has 1 N–H and O–H groups in total. The largest absolute Gasteiger partial charge is 0.465 e. The van der Waals surface area contributed by atoms with E-state index in [4.69, 9.17) is 4.74 Å². The number of esters is 1. The quantitative estimate of drug-likeness (QED) is 0.830. The molecule has 1 aliphatic heterocycles. The first kappa shape index (κ1) is 17.6. The van der Waals surface area contributed by atoms with Gasteiger partial charge in [0.2, 0.25) is 5.91 Å². The van der Waals surface area contributed by atoms with Crippen molar-refractivity contribution in [1.29, 1.82) is 0 Å². The normalized spacial score (nSPS) is 15.0. The van der Waals surface area contributed by atoms with Crippen molar-refractivity contribution in [1.82, 2.24) is 4.90 Å². The third-order valence-electron chi connectivity index (χ3n) is 4.19. The van der Waals surface area contributed by atoms with E-state index in [2.05, 4.69) is 5.32 Å². The van der Waals surface area contributed by atoms with Crippen LogP contribution >= 0.6 is 22.7 Å². The number of nitrogens with zero attached hydrogens (tertiary/aromatic N) is 1. The van der Waals surface area contributed by atoms with Crippen LogP contribution in [0.4, 0.5) is 5.00 Å². The zero-order valence-corrected chi connectivity index (χ0v) is 15.3. The number of carbonyl (C=O) groups is 3. The zero-order valence-electron chi connectivity index (χ0n) is 13.7. The molecule has 0 saturated carbocycles. The Bertz CT molecular complexity index is 761. The summed E-state index contributed by atoms with van der Waals surface area (Å²) in [7, 11) is 1.31. The number of piperidine rings is 1. The molecule has 3 heterocycles. The maximum atomic E-state index is 12.5. The molecule has 0 aliphatic carbocycles. The fraction of sp³-hybridized carbons (Fsp3) is 0.353. The minimum atomic E-state index is -0.465. The maximum absolute atomic E-state index is 12.5. The second-order valence-electron chi connectivity index (χ2n) is 5.69. The summed E-state index contributed by atoms with van der Waals surface area (Å²) in [6.45, 7) is 1.12. The highest BCUT2D eigenvalue weighted by atomic mass is 32.1. The van der Waals surface area contributed by atoms with Gasteiger partial charge in [0.05, 0.1) is 17.6 Å². The lowest BCUT2D eigenvalue weighted by molar-refractivity contribution is -0.121. The molecule has 0 bridgehead atoms. The first-order valence-electron chi connectivity index (χ1n) is 7.89. The minimum Gasteiger partial charge on any atom is -0.465 e. The van der Waals surface area contributed by atoms with Crippen molar-refractivity contribution in [3.05, 3.63) is 39.4 Å². The summed E-state index contributed by atoms with van der Waals surface area (Å²) in [4.78, 5) is 39.0. The molecule has 2 aromatic rings. The topological polar surface area (TPSA) is 75.7 Å². The Hall–Kier alpha value is -2.19. The van der Waals surface area contributed by atoms with Gasteiger partial charge in [-0.15, -0.1) is 22.7 Å². The molecule has 0 spiro atoms. The molecule has 2 amide bonds. The Morgan fingerprint density at radius 3 is 2.56 bits per heavy atom. The van der Waals surface area contributed by atoms with E-state index in [9.17, 15) is 14.4 Å². The van der Waals surface area contributed by atoms with Crippen LogP contribution in [0.1, 0.15) is 32.9 Å². The molecule has 1 saturated heterocycles. The molecule has 6 nitrogen and oxygen atoms in total. The molecule has 25 heavy (non-hydrogen) atoms. The number of amides is 2. The van der Waals surface area contributed by atoms with Gasteiger partial charge in [-0.25, -0.2) is 4.79 Å². The summed E-state index contributed by atoms with van der Waals surface area (Å²) in [5.74, 6) is -0.719. The average Bonchev–Trinajstić information content (AvgIpc) is 3.32. The summed E-state index contributed by atoms with van der Waals surface area (Å²) in [5.41, 5.74) is 0.367.